The summed E-state index contributed by atoms with van der Waals surface area (Å²) in [6.07, 6.45) is -4.64. The van der Waals surface area contributed by atoms with Gasteiger partial charge in [-0.05, 0) is 12.8 Å². The van der Waals surface area contributed by atoms with Gasteiger partial charge in [0.25, 0.3) is 10.0 Å². The van der Waals surface area contributed by atoms with E-state index in [1.807, 2.05) is 0 Å². The molecule has 0 aliphatic rings. The quantitative estimate of drug-likeness (QED) is 0.896. The first kappa shape index (κ1) is 17.2. The van der Waals surface area contributed by atoms with Gasteiger partial charge in [-0.2, -0.15) is 17.5 Å². The highest BCUT2D eigenvalue weighted by Gasteiger charge is 2.38. The third kappa shape index (κ3) is 4.32. The highest BCUT2D eigenvalue weighted by molar-refractivity contribution is 7.91. The topological polar surface area (TPSA) is 70.2 Å². The van der Waals surface area contributed by atoms with Gasteiger partial charge in [0.05, 0.1) is 0 Å². The van der Waals surface area contributed by atoms with Crippen LogP contribution < -0.4 is 4.87 Å². The monoisotopic (exact) mass is 332 g/mol. The zero-order chi connectivity index (χ0) is 15.7. The lowest BCUT2D eigenvalue weighted by molar-refractivity contribution is -0.136. The lowest BCUT2D eigenvalue weighted by Crippen LogP contribution is -2.41. The largest absolute Gasteiger partial charge is 0.402 e. The number of hydrogen-bond acceptors (Lipinski definition) is 4. The van der Waals surface area contributed by atoms with Crippen LogP contribution in [0, 0.1) is 12.8 Å². The van der Waals surface area contributed by atoms with Crippen LogP contribution in [0.2, 0.25) is 0 Å². The van der Waals surface area contributed by atoms with Gasteiger partial charge in [0.15, 0.2) is 4.21 Å². The molecule has 1 aromatic rings. The molecule has 0 fully saturated rings. The Morgan fingerprint density at radius 2 is 1.90 bits per heavy atom. The number of halogens is 3. The average Bonchev–Trinajstić information content (AvgIpc) is 2.54. The van der Waals surface area contributed by atoms with Crippen molar-refractivity contribution in [2.45, 2.75) is 31.2 Å². The van der Waals surface area contributed by atoms with Crippen molar-refractivity contribution in [2.75, 3.05) is 13.1 Å². The molecule has 0 amide bonds. The Labute approximate surface area is 118 Å². The number of nitrogens with zero attached hydrogens (tertiary/aromatic N) is 1. The number of aromatic nitrogens is 1. The summed E-state index contributed by atoms with van der Waals surface area (Å²) in [4.78, 5) is 12.8. The number of aromatic amines is 1. The predicted molar refractivity (Wildman–Crippen MR) is 69.3 cm³/mol. The van der Waals surface area contributed by atoms with Crippen molar-refractivity contribution in [3.8, 4) is 0 Å². The minimum absolute atomic E-state index is 0.0518. The zero-order valence-electron chi connectivity index (χ0n) is 11.1. The van der Waals surface area contributed by atoms with E-state index in [1.54, 1.807) is 13.8 Å². The minimum atomic E-state index is -4.64. The second kappa shape index (κ2) is 5.86. The summed E-state index contributed by atoms with van der Waals surface area (Å²) in [6, 6.07) is 0. The molecule has 10 heteroatoms. The van der Waals surface area contributed by atoms with E-state index in [0.29, 0.717) is 15.6 Å². The average molecular weight is 332 g/mol. The molecular weight excluding hydrogens is 317 g/mol. The fourth-order valence-corrected chi connectivity index (χ4v) is 4.63. The van der Waals surface area contributed by atoms with Gasteiger partial charge < -0.3 is 4.98 Å². The van der Waals surface area contributed by atoms with Gasteiger partial charge in [-0.15, -0.1) is 0 Å². The van der Waals surface area contributed by atoms with Crippen molar-refractivity contribution in [1.29, 1.82) is 0 Å². The Kier molecular flexibility index (Phi) is 5.03. The van der Waals surface area contributed by atoms with Crippen molar-refractivity contribution < 1.29 is 21.6 Å². The fourth-order valence-electron chi connectivity index (χ4n) is 1.61. The molecule has 0 radical (unpaired) electrons. The highest BCUT2D eigenvalue weighted by Crippen LogP contribution is 2.26. The molecule has 0 saturated carbocycles. The molecular formula is C10H15F3N2O3S2. The van der Waals surface area contributed by atoms with Gasteiger partial charge in [0.2, 0.25) is 0 Å². The first-order chi connectivity index (χ1) is 8.93. The first-order valence-electron chi connectivity index (χ1n) is 5.70. The Morgan fingerprint density at radius 1 is 1.35 bits per heavy atom. The third-order valence-corrected chi connectivity index (χ3v) is 5.67. The molecule has 5 nitrogen and oxygen atoms in total. The van der Waals surface area contributed by atoms with E-state index in [1.165, 1.54) is 6.92 Å². The number of hydrogen-bond donors (Lipinski definition) is 1. The van der Waals surface area contributed by atoms with Gasteiger partial charge in [-0.25, -0.2) is 8.42 Å². The predicted octanol–water partition coefficient (Wildman–Crippen LogP) is 1.95. The smallest absolute Gasteiger partial charge is 0.315 e. The van der Waals surface area contributed by atoms with Gasteiger partial charge in [0.1, 0.15) is 6.54 Å². The molecule has 0 spiro atoms. The number of rotatable bonds is 5. The number of sulfonamides is 1. The maximum absolute atomic E-state index is 12.5. The highest BCUT2D eigenvalue weighted by atomic mass is 32.2. The SMILES string of the molecule is Cc1[nH]c(=O)sc1S(=O)(=O)N(CC(C)C)CC(F)(F)F. The molecule has 0 aromatic carbocycles. The summed E-state index contributed by atoms with van der Waals surface area (Å²) in [5.74, 6) is -0.275. The number of alkyl halides is 3. The maximum atomic E-state index is 12.5. The lowest BCUT2D eigenvalue weighted by atomic mass is 10.2. The van der Waals surface area contributed by atoms with Gasteiger partial charge >= 0.3 is 11.0 Å². The molecule has 0 bridgehead atoms. The number of thiazole rings is 1. The van der Waals surface area contributed by atoms with Gasteiger partial charge in [0, 0.05) is 12.2 Å². The van der Waals surface area contributed by atoms with E-state index in [0.717, 1.165) is 0 Å². The summed E-state index contributed by atoms with van der Waals surface area (Å²) in [7, 11) is -4.34. The van der Waals surface area contributed by atoms with E-state index in [2.05, 4.69) is 4.98 Å². The van der Waals surface area contributed by atoms with Crippen molar-refractivity contribution in [3.05, 3.63) is 15.4 Å². The normalized spacial score (nSPS) is 13.4. The molecule has 1 rings (SSSR count). The fraction of sp³-hybridized carbons (Fsp3) is 0.700. The van der Waals surface area contributed by atoms with E-state index >= 15 is 0 Å². The third-order valence-electron chi connectivity index (χ3n) is 2.28. The molecule has 1 heterocycles. The van der Waals surface area contributed by atoms with Crippen LogP contribution >= 0.6 is 11.3 Å². The second-order valence-electron chi connectivity index (χ2n) is 4.73. The van der Waals surface area contributed by atoms with Crippen LogP contribution in [0.4, 0.5) is 13.2 Å². The number of nitrogens with one attached hydrogen (secondary N) is 1. The maximum Gasteiger partial charge on any atom is 0.402 e. The summed E-state index contributed by atoms with van der Waals surface area (Å²) >= 11 is 0.395. The molecule has 1 N–H and O–H groups in total. The van der Waals surface area contributed by atoms with E-state index in [-0.39, 0.29) is 22.4 Å². The van der Waals surface area contributed by atoms with Crippen LogP contribution in [0.25, 0.3) is 0 Å². The van der Waals surface area contributed by atoms with Crippen molar-refractivity contribution in [2.24, 2.45) is 5.92 Å². The van der Waals surface area contributed by atoms with E-state index in [9.17, 15) is 26.4 Å². The Bertz CT molecular complexity index is 616. The Hall–Kier alpha value is -0.870. The molecule has 0 atom stereocenters. The summed E-state index contributed by atoms with van der Waals surface area (Å²) in [5, 5.41) is 0. The summed E-state index contributed by atoms with van der Waals surface area (Å²) < 4.78 is 62.1. The molecule has 1 aromatic heterocycles. The molecule has 0 saturated heterocycles. The van der Waals surface area contributed by atoms with Crippen molar-refractivity contribution in [1.82, 2.24) is 9.29 Å². The van der Waals surface area contributed by atoms with Crippen molar-refractivity contribution >= 4 is 21.4 Å². The first-order valence-corrected chi connectivity index (χ1v) is 7.95. The van der Waals surface area contributed by atoms with Crippen LogP contribution in [0.1, 0.15) is 19.5 Å². The van der Waals surface area contributed by atoms with Gasteiger partial charge in [-0.3, -0.25) is 4.79 Å². The minimum Gasteiger partial charge on any atom is -0.315 e. The summed E-state index contributed by atoms with van der Waals surface area (Å²) in [5.41, 5.74) is 0.0518. The van der Waals surface area contributed by atoms with Gasteiger partial charge in [-0.1, -0.05) is 25.2 Å². The van der Waals surface area contributed by atoms with E-state index < -0.39 is 27.6 Å². The molecule has 116 valence electrons. The molecule has 20 heavy (non-hydrogen) atoms. The molecule has 0 aliphatic heterocycles. The number of H-pyrrole nitrogens is 1. The van der Waals surface area contributed by atoms with Crippen LogP contribution in [-0.2, 0) is 10.0 Å². The summed E-state index contributed by atoms with van der Waals surface area (Å²) in [6.45, 7) is 2.73. The zero-order valence-corrected chi connectivity index (χ0v) is 12.7. The molecule has 0 unspecified atom stereocenters. The second-order valence-corrected chi connectivity index (χ2v) is 7.85. The van der Waals surface area contributed by atoms with Crippen LogP contribution in [-0.4, -0.2) is 37.0 Å². The van der Waals surface area contributed by atoms with Crippen molar-refractivity contribution in [3.63, 3.8) is 0 Å². The standard InChI is InChI=1S/C10H15F3N2O3S2/c1-6(2)4-15(5-10(11,12)13)20(17,18)8-7(3)14-9(16)19-8/h6H,4-5H2,1-3H3,(H,14,16). The lowest BCUT2D eigenvalue weighted by Gasteiger charge is -2.24. The van der Waals surface area contributed by atoms with Crippen LogP contribution in [0.5, 0.6) is 0 Å². The van der Waals surface area contributed by atoms with E-state index in [4.69, 9.17) is 0 Å². The van der Waals surface area contributed by atoms with Crippen LogP contribution in [0.15, 0.2) is 9.00 Å². The Balaban J connectivity index is 3.24. The Morgan fingerprint density at radius 3 is 2.25 bits per heavy atom. The number of aryl methyl sites for hydroxylation is 1. The molecule has 0 aliphatic carbocycles. The van der Waals surface area contributed by atoms with Crippen LogP contribution in [0.3, 0.4) is 0 Å².